The maximum absolute atomic E-state index is 9.05. The number of benzene rings is 1. The van der Waals surface area contributed by atoms with Crippen LogP contribution in [0.25, 0.3) is 6.08 Å². The van der Waals surface area contributed by atoms with Crippen LogP contribution >= 0.6 is 0 Å². The molecule has 1 N–H and O–H groups in total. The van der Waals surface area contributed by atoms with Gasteiger partial charge in [-0.15, -0.1) is 0 Å². The first kappa shape index (κ1) is 10.0. The minimum atomic E-state index is 0.196. The summed E-state index contributed by atoms with van der Waals surface area (Å²) < 4.78 is 0. The molecular weight excluding hydrogens is 160 g/mol. The number of hydrogen-bond donors (Lipinski definition) is 1. The van der Waals surface area contributed by atoms with Crippen LogP contribution in [-0.2, 0) is 0 Å². The zero-order valence-electron chi connectivity index (χ0n) is 8.25. The summed E-state index contributed by atoms with van der Waals surface area (Å²) in [6, 6.07) is 6.10. The Morgan fingerprint density at radius 3 is 2.77 bits per heavy atom. The second-order valence-electron chi connectivity index (χ2n) is 3.35. The second-order valence-corrected chi connectivity index (χ2v) is 3.35. The number of aliphatic hydroxyl groups excluding tert-OH is 1. The molecule has 1 rings (SSSR count). The van der Waals surface area contributed by atoms with Crippen LogP contribution in [0.1, 0.15) is 29.5 Å². The van der Waals surface area contributed by atoms with E-state index >= 15 is 0 Å². The van der Waals surface area contributed by atoms with E-state index in [0.29, 0.717) is 0 Å². The van der Waals surface area contributed by atoms with Crippen molar-refractivity contribution in [2.24, 2.45) is 0 Å². The molecule has 0 aromatic heterocycles. The van der Waals surface area contributed by atoms with Gasteiger partial charge >= 0.3 is 0 Å². The van der Waals surface area contributed by atoms with Gasteiger partial charge in [0.05, 0.1) is 0 Å². The van der Waals surface area contributed by atoms with Crippen LogP contribution in [-0.4, -0.2) is 11.7 Å². The number of aliphatic hydroxyl groups is 1. The van der Waals surface area contributed by atoms with Crippen molar-refractivity contribution in [1.82, 2.24) is 0 Å². The molecule has 0 heterocycles. The van der Waals surface area contributed by atoms with Crippen LogP contribution in [0.2, 0.25) is 0 Å². The van der Waals surface area contributed by atoms with Crippen molar-refractivity contribution in [2.75, 3.05) is 6.61 Å². The molecule has 0 saturated heterocycles. The van der Waals surface area contributed by atoms with Gasteiger partial charge in [0, 0.05) is 12.5 Å². The topological polar surface area (TPSA) is 20.2 Å². The minimum absolute atomic E-state index is 0.196. The summed E-state index contributed by atoms with van der Waals surface area (Å²) in [4.78, 5) is 0. The second kappa shape index (κ2) is 4.24. The van der Waals surface area contributed by atoms with E-state index < -0.39 is 0 Å². The quantitative estimate of drug-likeness (QED) is 0.750. The summed E-state index contributed by atoms with van der Waals surface area (Å²) in [7, 11) is 0. The lowest BCUT2D eigenvalue weighted by Crippen LogP contribution is -2.02. The Kier molecular flexibility index (Phi) is 3.26. The van der Waals surface area contributed by atoms with Crippen LogP contribution in [0.15, 0.2) is 24.8 Å². The molecule has 0 saturated carbocycles. The van der Waals surface area contributed by atoms with E-state index in [1.165, 1.54) is 11.1 Å². The average Bonchev–Trinajstić information content (AvgIpc) is 2.17. The predicted molar refractivity (Wildman–Crippen MR) is 56.8 cm³/mol. The maximum atomic E-state index is 9.05. The van der Waals surface area contributed by atoms with E-state index in [-0.39, 0.29) is 12.5 Å². The molecule has 13 heavy (non-hydrogen) atoms. The van der Waals surface area contributed by atoms with E-state index in [9.17, 15) is 0 Å². The smallest absolute Gasteiger partial charge is 0.0497 e. The lowest BCUT2D eigenvalue weighted by Gasteiger charge is -2.13. The molecule has 1 heteroatoms. The van der Waals surface area contributed by atoms with Crippen molar-refractivity contribution in [3.8, 4) is 0 Å². The van der Waals surface area contributed by atoms with E-state index in [0.717, 1.165) is 5.56 Å². The maximum Gasteiger partial charge on any atom is 0.0497 e. The molecule has 0 aliphatic carbocycles. The van der Waals surface area contributed by atoms with E-state index in [4.69, 9.17) is 5.11 Å². The van der Waals surface area contributed by atoms with Crippen molar-refractivity contribution in [3.63, 3.8) is 0 Å². The van der Waals surface area contributed by atoms with E-state index in [1.807, 2.05) is 25.1 Å². The van der Waals surface area contributed by atoms with Gasteiger partial charge < -0.3 is 5.11 Å². The number of rotatable bonds is 3. The van der Waals surface area contributed by atoms with Gasteiger partial charge in [-0.2, -0.15) is 0 Å². The summed E-state index contributed by atoms with van der Waals surface area (Å²) in [5, 5.41) is 9.05. The third-order valence-electron chi connectivity index (χ3n) is 2.44. The monoisotopic (exact) mass is 176 g/mol. The molecule has 0 fully saturated rings. The van der Waals surface area contributed by atoms with Gasteiger partial charge in [0.1, 0.15) is 0 Å². The van der Waals surface area contributed by atoms with Crippen LogP contribution in [0, 0.1) is 6.92 Å². The highest BCUT2D eigenvalue weighted by molar-refractivity contribution is 5.54. The lowest BCUT2D eigenvalue weighted by atomic mass is 9.94. The third kappa shape index (κ3) is 1.99. The molecule has 0 amide bonds. The molecule has 1 unspecified atom stereocenters. The van der Waals surface area contributed by atoms with Crippen molar-refractivity contribution >= 4 is 6.08 Å². The van der Waals surface area contributed by atoms with E-state index in [1.54, 1.807) is 0 Å². The van der Waals surface area contributed by atoms with Crippen LogP contribution < -0.4 is 0 Å². The molecule has 1 aromatic rings. The fourth-order valence-electron chi connectivity index (χ4n) is 1.53. The first-order valence-electron chi connectivity index (χ1n) is 4.53. The molecule has 0 bridgehead atoms. The highest BCUT2D eigenvalue weighted by Crippen LogP contribution is 2.22. The van der Waals surface area contributed by atoms with Crippen molar-refractivity contribution in [2.45, 2.75) is 19.8 Å². The van der Waals surface area contributed by atoms with Gasteiger partial charge in [-0.3, -0.25) is 0 Å². The summed E-state index contributed by atoms with van der Waals surface area (Å²) in [5.41, 5.74) is 3.58. The predicted octanol–water partition coefficient (Wildman–Crippen LogP) is 2.73. The summed E-state index contributed by atoms with van der Waals surface area (Å²) in [5.74, 6) is 0.208. The standard InChI is InChI=1S/C12H16O/c1-4-11-6-5-7-12(10(11)3)9(2)8-13/h4-7,9,13H,1,8H2,2-3H3. The largest absolute Gasteiger partial charge is 0.396 e. The lowest BCUT2D eigenvalue weighted by molar-refractivity contribution is 0.272. The molecule has 0 spiro atoms. The van der Waals surface area contributed by atoms with Crippen molar-refractivity contribution < 1.29 is 5.11 Å². The molecule has 0 aliphatic rings. The first-order chi connectivity index (χ1) is 6.20. The molecular formula is C12H16O. The summed E-state index contributed by atoms with van der Waals surface area (Å²) >= 11 is 0. The van der Waals surface area contributed by atoms with Crippen molar-refractivity contribution in [3.05, 3.63) is 41.5 Å². The van der Waals surface area contributed by atoms with Gasteiger partial charge in [-0.05, 0) is 23.6 Å². The SMILES string of the molecule is C=Cc1cccc(C(C)CO)c1C. The summed E-state index contributed by atoms with van der Waals surface area (Å²) in [6.45, 7) is 8.04. The zero-order valence-corrected chi connectivity index (χ0v) is 8.25. The minimum Gasteiger partial charge on any atom is -0.396 e. The normalized spacial score (nSPS) is 12.5. The highest BCUT2D eigenvalue weighted by atomic mass is 16.3. The van der Waals surface area contributed by atoms with Gasteiger partial charge in [-0.1, -0.05) is 37.8 Å². The van der Waals surface area contributed by atoms with Gasteiger partial charge in [0.15, 0.2) is 0 Å². The Morgan fingerprint density at radius 2 is 2.23 bits per heavy atom. The molecule has 0 aliphatic heterocycles. The Bertz CT molecular complexity index is 302. The fourth-order valence-corrected chi connectivity index (χ4v) is 1.53. The molecule has 1 aromatic carbocycles. The Labute approximate surface area is 79.7 Å². The molecule has 0 radical (unpaired) electrons. The highest BCUT2D eigenvalue weighted by Gasteiger charge is 2.07. The Balaban J connectivity index is 3.15. The van der Waals surface area contributed by atoms with Gasteiger partial charge in [-0.25, -0.2) is 0 Å². The zero-order chi connectivity index (χ0) is 9.84. The Hall–Kier alpha value is -1.08. The fraction of sp³-hybridized carbons (Fsp3) is 0.333. The van der Waals surface area contributed by atoms with Crippen LogP contribution in [0.5, 0.6) is 0 Å². The number of hydrogen-bond acceptors (Lipinski definition) is 1. The van der Waals surface area contributed by atoms with Crippen LogP contribution in [0.3, 0.4) is 0 Å². The van der Waals surface area contributed by atoms with Crippen LogP contribution in [0.4, 0.5) is 0 Å². The third-order valence-corrected chi connectivity index (χ3v) is 2.44. The molecule has 1 nitrogen and oxygen atoms in total. The average molecular weight is 176 g/mol. The molecule has 1 atom stereocenters. The van der Waals surface area contributed by atoms with Gasteiger partial charge in [0.2, 0.25) is 0 Å². The van der Waals surface area contributed by atoms with E-state index in [2.05, 4.69) is 19.6 Å². The summed E-state index contributed by atoms with van der Waals surface area (Å²) in [6.07, 6.45) is 1.85. The van der Waals surface area contributed by atoms with Gasteiger partial charge in [0.25, 0.3) is 0 Å². The molecule has 70 valence electrons. The van der Waals surface area contributed by atoms with Crippen molar-refractivity contribution in [1.29, 1.82) is 0 Å². The first-order valence-corrected chi connectivity index (χ1v) is 4.53. The Morgan fingerprint density at radius 1 is 1.54 bits per heavy atom.